The Labute approximate surface area is 522 Å². The number of benzene rings is 7. The molecule has 5 aliphatic rings. The quantitative estimate of drug-likeness (QED) is 0.0571. The van der Waals surface area contributed by atoms with Crippen molar-refractivity contribution in [2.75, 3.05) is 67.1 Å². The highest BCUT2D eigenvalue weighted by atomic mass is 32.2. The predicted octanol–water partition coefficient (Wildman–Crippen LogP) is 13.5. The van der Waals surface area contributed by atoms with E-state index in [2.05, 4.69) is 168 Å². The zero-order chi connectivity index (χ0) is 62.0. The Morgan fingerprint density at radius 2 is 1.44 bits per heavy atom. The SMILES string of the molecule is C=S(=O)(O)c1cccc2c(S(=O)(=O)O)cccc12.CCN(CC)CCOC(=O)C(Cc1cccc2ccccc12)CC1CCCO1.CN1CCc2c(c3ccccc3n2Cc2ccccc2)C1.COc1ccc2c(c1)[C@]13CCCC[C@H]1[C@H](C2)N(C)CCC3. The number of nitrogens with zero attached hydrogens (tertiary/aromatic N) is 4. The number of carbonyl (C=O) groups is 1. The van der Waals surface area contributed by atoms with Gasteiger partial charge in [-0.15, -0.1) is 0 Å². The predicted molar refractivity (Wildman–Crippen MR) is 357 cm³/mol. The Morgan fingerprint density at radius 1 is 0.761 bits per heavy atom. The van der Waals surface area contributed by atoms with Gasteiger partial charge in [-0.2, -0.15) is 8.42 Å². The van der Waals surface area contributed by atoms with Crippen molar-refractivity contribution in [2.45, 2.75) is 131 Å². The van der Waals surface area contributed by atoms with Crippen LogP contribution in [0.4, 0.5) is 0 Å². The third kappa shape index (κ3) is 14.9. The van der Waals surface area contributed by atoms with Crippen molar-refractivity contribution in [3.8, 4) is 5.75 Å². The molecule has 2 aliphatic carbocycles. The van der Waals surface area contributed by atoms with Crippen molar-refractivity contribution >= 4 is 64.2 Å². The molecule has 2 N–H and O–H groups in total. The lowest BCUT2D eigenvalue weighted by Crippen LogP contribution is -2.52. The van der Waals surface area contributed by atoms with E-state index in [-0.39, 0.29) is 38.6 Å². The van der Waals surface area contributed by atoms with E-state index in [4.69, 9.17) is 18.8 Å². The molecule has 6 atom stereocenters. The Bertz CT molecular complexity index is 3820. The third-order valence-corrected chi connectivity index (χ3v) is 21.3. The van der Waals surface area contributed by atoms with Crippen LogP contribution in [0.2, 0.25) is 0 Å². The first-order valence-electron chi connectivity index (χ1n) is 31.7. The average molecular weight is 1230 g/mol. The van der Waals surface area contributed by atoms with Crippen molar-refractivity contribution in [1.29, 1.82) is 0 Å². The van der Waals surface area contributed by atoms with Gasteiger partial charge in [-0.3, -0.25) is 9.35 Å². The second kappa shape index (κ2) is 29.0. The molecular formula is C73H90N4O9S2. The van der Waals surface area contributed by atoms with E-state index in [1.807, 2.05) is 0 Å². The fourth-order valence-electron chi connectivity index (χ4n) is 14.9. The number of rotatable bonds is 15. The largest absolute Gasteiger partial charge is 0.497 e. The summed E-state index contributed by atoms with van der Waals surface area (Å²) in [6.45, 7) is 12.7. The summed E-state index contributed by atoms with van der Waals surface area (Å²) < 4.78 is 72.2. The lowest BCUT2D eigenvalue weighted by molar-refractivity contribution is -0.150. The molecular weight excluding hydrogens is 1140 g/mol. The van der Waals surface area contributed by atoms with Gasteiger partial charge in [0.2, 0.25) is 0 Å². The van der Waals surface area contributed by atoms with Gasteiger partial charge < -0.3 is 38.0 Å². The van der Waals surface area contributed by atoms with Crippen LogP contribution in [0.3, 0.4) is 0 Å². The molecule has 468 valence electrons. The van der Waals surface area contributed by atoms with E-state index in [1.165, 1.54) is 132 Å². The fraction of sp³-hybridized carbons (Fsp3) is 0.425. The third-order valence-electron chi connectivity index (χ3n) is 19.3. The normalized spacial score (nSPS) is 21.0. The number of likely N-dealkylation sites (tertiary alicyclic amines) is 1. The number of esters is 1. The molecule has 3 fully saturated rings. The van der Waals surface area contributed by atoms with Crippen molar-refractivity contribution in [3.63, 3.8) is 0 Å². The number of ether oxygens (including phenoxy) is 3. The summed E-state index contributed by atoms with van der Waals surface area (Å²) in [5.74, 6) is 4.81. The maximum atomic E-state index is 12.9. The van der Waals surface area contributed by atoms with Gasteiger partial charge in [0.05, 0.1) is 24.0 Å². The van der Waals surface area contributed by atoms with Gasteiger partial charge in [-0.25, -0.2) is 4.21 Å². The molecule has 1 saturated carbocycles. The summed E-state index contributed by atoms with van der Waals surface area (Å²) in [5.41, 5.74) is 10.7. The van der Waals surface area contributed by atoms with Crippen LogP contribution in [-0.2, 0) is 72.0 Å². The zero-order valence-corrected chi connectivity index (χ0v) is 53.8. The van der Waals surface area contributed by atoms with Gasteiger partial charge in [-0.1, -0.05) is 148 Å². The molecule has 0 radical (unpaired) electrons. The summed E-state index contributed by atoms with van der Waals surface area (Å²) in [6.07, 6.45) is 14.5. The summed E-state index contributed by atoms with van der Waals surface area (Å²) in [5, 5.41) is 4.32. The van der Waals surface area contributed by atoms with Crippen molar-refractivity contribution in [2.24, 2.45) is 11.8 Å². The van der Waals surface area contributed by atoms with E-state index in [0.717, 1.165) is 89.3 Å². The molecule has 7 aromatic carbocycles. The number of aromatic nitrogens is 1. The number of likely N-dealkylation sites (N-methyl/N-ethyl adjacent to an activating group) is 3. The van der Waals surface area contributed by atoms with Crippen LogP contribution >= 0.6 is 0 Å². The topological polar surface area (TPSA) is 151 Å². The summed E-state index contributed by atoms with van der Waals surface area (Å²) >= 11 is 0. The Kier molecular flexibility index (Phi) is 21.3. The minimum Gasteiger partial charge on any atom is -0.497 e. The molecule has 4 heterocycles. The van der Waals surface area contributed by atoms with Crippen LogP contribution in [0.15, 0.2) is 161 Å². The summed E-state index contributed by atoms with van der Waals surface area (Å²) in [6, 6.07) is 50.3. The minimum absolute atomic E-state index is 0.0329. The first kappa shape index (κ1) is 64.6. The van der Waals surface area contributed by atoms with Crippen LogP contribution < -0.4 is 4.74 Å². The van der Waals surface area contributed by atoms with Crippen LogP contribution in [0, 0.1) is 11.8 Å². The van der Waals surface area contributed by atoms with Crippen LogP contribution in [0.5, 0.6) is 5.75 Å². The number of fused-ring (bicyclic) bond motifs is 6. The molecule has 8 aromatic rings. The smallest absolute Gasteiger partial charge is 0.309 e. The van der Waals surface area contributed by atoms with E-state index in [9.17, 15) is 22.0 Å². The molecule has 15 heteroatoms. The van der Waals surface area contributed by atoms with E-state index in [1.54, 1.807) is 18.2 Å². The first-order valence-corrected chi connectivity index (χ1v) is 34.9. The Balaban J connectivity index is 0.000000131. The highest BCUT2D eigenvalue weighted by Gasteiger charge is 2.51. The fourth-order valence-corrected chi connectivity index (χ4v) is 16.4. The zero-order valence-electron chi connectivity index (χ0n) is 52.2. The number of hydrogen-bond donors (Lipinski definition) is 2. The standard InChI is InChI=1S/C24H33NO3.C19H20N2.C19H27NO.C11H10O5S2/c1-3-25(4-2)14-16-28-24(26)21(18-22-12-8-15-27-22)17-20-11-7-10-19-9-5-6-13-23(19)20;1-20-12-11-19-17(14-20)16-9-5-6-10-18(16)21(19)13-15-7-3-2-4-8-15;1-20-11-5-10-19-9-4-3-6-16(19)18(20)12-14-7-8-15(21-2)13-17(14)19;1-17(12,13)10-6-2-5-9-8(10)4-3-7-11(9)18(14,15)16/h5-7,9-11,13,21-22H,3-4,8,12,14-18H2,1-2H3;2-10H,11-14H2,1H3;7-8,13,16,18H,3-6,9-12H2,1-2H3;2-7H,1H2,(H,12,13)(H,14,15,16)/t;;16-,18-,19-;/m..0./s1. The van der Waals surface area contributed by atoms with Crippen molar-refractivity contribution in [3.05, 3.63) is 185 Å². The molecule has 2 saturated heterocycles. The molecule has 3 unspecified atom stereocenters. The van der Waals surface area contributed by atoms with Crippen molar-refractivity contribution < 1.29 is 40.7 Å². The Morgan fingerprint density at radius 3 is 2.17 bits per heavy atom. The van der Waals surface area contributed by atoms with Crippen LogP contribution in [0.25, 0.3) is 32.4 Å². The monoisotopic (exact) mass is 1230 g/mol. The van der Waals surface area contributed by atoms with Gasteiger partial charge in [0.15, 0.2) is 0 Å². The lowest BCUT2D eigenvalue weighted by atomic mass is 9.54. The number of carbonyl (C=O) groups excluding carboxylic acids is 1. The minimum atomic E-state index is -4.39. The molecule has 1 aromatic heterocycles. The van der Waals surface area contributed by atoms with E-state index in [0.29, 0.717) is 18.4 Å². The highest BCUT2D eigenvalue weighted by molar-refractivity contribution is 7.95. The molecule has 13 rings (SSSR count). The summed E-state index contributed by atoms with van der Waals surface area (Å²) in [4.78, 5) is 20.0. The molecule has 0 amide bonds. The summed E-state index contributed by atoms with van der Waals surface area (Å²) in [7, 11) is -1.49. The number of para-hydroxylation sites is 1. The van der Waals surface area contributed by atoms with Crippen LogP contribution in [0.1, 0.15) is 105 Å². The molecule has 2 bridgehead atoms. The maximum absolute atomic E-state index is 12.9. The van der Waals surface area contributed by atoms with Crippen LogP contribution in [-0.4, -0.2) is 132 Å². The van der Waals surface area contributed by atoms with E-state index < -0.39 is 19.9 Å². The average Bonchev–Trinajstić information content (AvgIpc) is 1.45. The second-order valence-electron chi connectivity index (χ2n) is 24.7. The van der Waals surface area contributed by atoms with Crippen molar-refractivity contribution in [1.82, 2.24) is 19.3 Å². The Hall–Kier alpha value is -6.40. The number of hydrogen-bond acceptors (Lipinski definition) is 10. The van der Waals surface area contributed by atoms with Gasteiger partial charge in [0.25, 0.3) is 10.1 Å². The maximum Gasteiger partial charge on any atom is 0.309 e. The van der Waals surface area contributed by atoms with Gasteiger partial charge >= 0.3 is 5.97 Å². The molecule has 13 nitrogen and oxygen atoms in total. The molecule has 0 spiro atoms. The van der Waals surface area contributed by atoms with Gasteiger partial charge in [0.1, 0.15) is 27.1 Å². The van der Waals surface area contributed by atoms with Gasteiger partial charge in [-0.05, 0) is 172 Å². The number of methoxy groups -OCH3 is 1. The van der Waals surface area contributed by atoms with E-state index >= 15 is 0 Å². The first-order chi connectivity index (χ1) is 42.5. The lowest BCUT2D eigenvalue weighted by Gasteiger charge is -2.52. The molecule has 3 aliphatic heterocycles. The second-order valence-corrected chi connectivity index (χ2v) is 27.8. The molecule has 88 heavy (non-hydrogen) atoms. The highest BCUT2D eigenvalue weighted by Crippen LogP contribution is 2.55. The van der Waals surface area contributed by atoms with Gasteiger partial charge in [0, 0.05) is 78.0 Å².